The monoisotopic (exact) mass is 639 g/mol. The molecule has 1 aromatic carbocycles. The van der Waals surface area contributed by atoms with Crippen LogP contribution in [0.3, 0.4) is 0 Å². The number of ether oxygens (including phenoxy) is 2. The second-order valence-corrected chi connectivity index (χ2v) is 12.9. The number of hydrogen-bond acceptors (Lipinski definition) is 12. The summed E-state index contributed by atoms with van der Waals surface area (Å²) >= 11 is 0. The van der Waals surface area contributed by atoms with Crippen molar-refractivity contribution >= 4 is 36.6 Å². The number of esters is 1. The normalized spacial score (nSPS) is 27.5. The van der Waals surface area contributed by atoms with Gasteiger partial charge in [-0.25, -0.2) is 18.3 Å². The van der Waals surface area contributed by atoms with Crippen LogP contribution >= 0.6 is 7.75 Å². The first-order valence-corrected chi connectivity index (χ1v) is 15.7. The number of hydrogen-bond donors (Lipinski definition) is 3. The number of aliphatic hydroxyl groups is 1. The van der Waals surface area contributed by atoms with Gasteiger partial charge in [-0.2, -0.15) is 15.1 Å². The van der Waals surface area contributed by atoms with E-state index in [-0.39, 0.29) is 17.3 Å². The predicted octanol–water partition coefficient (Wildman–Crippen LogP) is 3.43. The second-order valence-electron chi connectivity index (χ2n) is 11.2. The van der Waals surface area contributed by atoms with Crippen LogP contribution in [0.5, 0.6) is 5.75 Å². The minimum absolute atomic E-state index is 0.0673. The van der Waals surface area contributed by atoms with Gasteiger partial charge in [-0.3, -0.25) is 13.9 Å². The minimum Gasteiger partial charge on any atom is -0.462 e. The van der Waals surface area contributed by atoms with Gasteiger partial charge in [0.05, 0.1) is 12.4 Å². The van der Waals surface area contributed by atoms with E-state index in [1.165, 1.54) is 25.4 Å². The highest BCUT2D eigenvalue weighted by atomic mass is 31.2. The van der Waals surface area contributed by atoms with Crippen molar-refractivity contribution in [2.24, 2.45) is 0 Å². The number of aliphatic hydroxyl groups excluding tert-OH is 1. The van der Waals surface area contributed by atoms with Crippen molar-refractivity contribution in [3.8, 4) is 5.75 Å². The lowest BCUT2D eigenvalue weighted by Gasteiger charge is -2.28. The zero-order valence-corrected chi connectivity index (χ0v) is 25.6. The van der Waals surface area contributed by atoms with Gasteiger partial charge in [0.15, 0.2) is 35.0 Å². The molecule has 2 saturated heterocycles. The van der Waals surface area contributed by atoms with Crippen LogP contribution < -0.4 is 20.2 Å². The number of benzene rings is 1. The molecule has 44 heavy (non-hydrogen) atoms. The number of para-hydroxylation sites is 1. The first-order chi connectivity index (χ1) is 20.7. The lowest BCUT2D eigenvalue weighted by atomic mass is 9.97. The number of nitrogens with two attached hydrogens (primary N) is 1. The number of halogens is 2. The fourth-order valence-corrected chi connectivity index (χ4v) is 6.61. The lowest BCUT2D eigenvalue weighted by molar-refractivity contribution is -0.202. The van der Waals surface area contributed by atoms with Crippen molar-refractivity contribution in [1.29, 1.82) is 0 Å². The Kier molecular flexibility index (Phi) is 8.84. The van der Waals surface area contributed by atoms with Gasteiger partial charge in [0, 0.05) is 13.1 Å². The fourth-order valence-electron chi connectivity index (χ4n) is 5.11. The Labute approximate surface area is 252 Å². The number of aromatic nitrogens is 4. The maximum Gasteiger partial charge on any atom is 0.459 e. The number of carbonyl (C=O) groups is 1. The molecule has 17 heteroatoms. The highest BCUT2D eigenvalue weighted by molar-refractivity contribution is 7.52. The summed E-state index contributed by atoms with van der Waals surface area (Å²) in [6.45, 7) is 5.75. The van der Waals surface area contributed by atoms with Gasteiger partial charge in [0.2, 0.25) is 5.95 Å². The molecule has 2 fully saturated rings. The molecule has 14 nitrogen and oxygen atoms in total. The van der Waals surface area contributed by atoms with E-state index >= 15 is 8.78 Å². The molecule has 2 aliphatic heterocycles. The van der Waals surface area contributed by atoms with E-state index in [1.807, 2.05) is 4.90 Å². The van der Waals surface area contributed by atoms with E-state index in [9.17, 15) is 14.5 Å². The van der Waals surface area contributed by atoms with Crippen molar-refractivity contribution in [1.82, 2.24) is 24.6 Å². The molecule has 0 saturated carbocycles. The summed E-state index contributed by atoms with van der Waals surface area (Å²) in [7, 11) is -4.57. The van der Waals surface area contributed by atoms with Gasteiger partial charge in [-0.1, -0.05) is 18.2 Å². The summed E-state index contributed by atoms with van der Waals surface area (Å²) in [5.74, 6) is -3.60. The van der Waals surface area contributed by atoms with Gasteiger partial charge >= 0.3 is 13.7 Å². The van der Waals surface area contributed by atoms with E-state index < -0.39 is 56.3 Å². The maximum absolute atomic E-state index is 16.4. The molecule has 4 heterocycles. The summed E-state index contributed by atoms with van der Waals surface area (Å²) in [6.07, 6.45) is -1.60. The summed E-state index contributed by atoms with van der Waals surface area (Å²) in [5, 5.41) is 13.3. The molecule has 2 aliphatic rings. The van der Waals surface area contributed by atoms with Crippen molar-refractivity contribution < 1.29 is 41.8 Å². The highest BCUT2D eigenvalue weighted by Gasteiger charge is 2.65. The molecule has 0 radical (unpaired) electrons. The molecule has 0 spiro atoms. The van der Waals surface area contributed by atoms with Crippen LogP contribution in [0, 0.1) is 0 Å². The van der Waals surface area contributed by atoms with E-state index in [2.05, 4.69) is 20.0 Å². The van der Waals surface area contributed by atoms with Crippen LogP contribution in [0.2, 0.25) is 0 Å². The summed E-state index contributed by atoms with van der Waals surface area (Å²) in [4.78, 5) is 27.2. The Morgan fingerprint density at radius 2 is 1.91 bits per heavy atom. The molecule has 5 rings (SSSR count). The van der Waals surface area contributed by atoms with E-state index in [1.54, 1.807) is 32.0 Å². The number of imidazole rings is 1. The standard InChI is InChI=1S/C27H36F2N7O7P/c1-16(2)41-22(37)17(3)34-44(39,43-18-10-6-5-7-11-18)40-14-27(29)23(38)26(4,28)24(42-27)36-15-31-19-20(35-12-8-9-13-35)32-25(30)33-21(19)36/h5-7,10-11,15-17,23-24,38H,8-9,12-14H2,1-4H3,(H,34,39)(H2,30,32,33)/t17-,23?,24+,26+,27+,44?/m0/s1. The van der Waals surface area contributed by atoms with Crippen molar-refractivity contribution in [2.75, 3.05) is 30.3 Å². The Bertz CT molecular complexity index is 1540. The first-order valence-electron chi connectivity index (χ1n) is 14.2. The molecular formula is C27H36F2N7O7P. The molecule has 4 N–H and O–H groups in total. The number of nitrogens with one attached hydrogen (secondary N) is 1. The zero-order valence-electron chi connectivity index (χ0n) is 24.7. The van der Waals surface area contributed by atoms with Crippen LogP contribution in [-0.4, -0.2) is 80.1 Å². The van der Waals surface area contributed by atoms with Crippen LogP contribution in [0.1, 0.15) is 46.8 Å². The van der Waals surface area contributed by atoms with Crippen LogP contribution in [0.4, 0.5) is 20.5 Å². The maximum atomic E-state index is 16.4. The largest absolute Gasteiger partial charge is 0.462 e. The van der Waals surface area contributed by atoms with Crippen LogP contribution in [0.25, 0.3) is 11.2 Å². The fraction of sp³-hybridized carbons (Fsp3) is 0.556. The topological polar surface area (TPSA) is 176 Å². The number of anilines is 2. The Morgan fingerprint density at radius 3 is 2.57 bits per heavy atom. The number of nitrogen functional groups attached to an aromatic ring is 1. The highest BCUT2D eigenvalue weighted by Crippen LogP contribution is 2.52. The Balaban J connectivity index is 1.41. The average molecular weight is 640 g/mol. The predicted molar refractivity (Wildman–Crippen MR) is 155 cm³/mol. The van der Waals surface area contributed by atoms with Gasteiger partial charge in [0.1, 0.15) is 18.4 Å². The molecule has 0 bridgehead atoms. The van der Waals surface area contributed by atoms with Gasteiger partial charge in [-0.05, 0) is 52.7 Å². The first kappa shape index (κ1) is 32.0. The van der Waals surface area contributed by atoms with Crippen LogP contribution in [-0.2, 0) is 23.4 Å². The molecule has 6 atom stereocenters. The Morgan fingerprint density at radius 1 is 1.23 bits per heavy atom. The molecular weight excluding hydrogens is 603 g/mol. The van der Waals surface area contributed by atoms with Crippen molar-refractivity contribution in [2.45, 2.75) is 76.5 Å². The smallest absolute Gasteiger partial charge is 0.459 e. The summed E-state index contributed by atoms with van der Waals surface area (Å²) in [5.41, 5.74) is 3.57. The number of rotatable bonds is 11. The zero-order chi connectivity index (χ0) is 31.9. The second kappa shape index (κ2) is 12.2. The van der Waals surface area contributed by atoms with Gasteiger partial charge in [-0.15, -0.1) is 0 Å². The molecule has 0 aliphatic carbocycles. The number of alkyl halides is 2. The van der Waals surface area contributed by atoms with E-state index in [4.69, 9.17) is 24.3 Å². The van der Waals surface area contributed by atoms with Gasteiger partial charge < -0.3 is 29.7 Å². The molecule has 3 aromatic rings. The number of nitrogens with zero attached hydrogens (tertiary/aromatic N) is 5. The SMILES string of the molecule is CC(C)OC(=O)[C@H](C)NP(=O)(OC[C@@]1(F)O[C@@H](n2cnc3c(N4CCCC4)nc(N)nc32)[C@](C)(F)C1O)Oc1ccccc1. The Hall–Kier alpha value is -3.43. The quantitative estimate of drug-likeness (QED) is 0.206. The van der Waals surface area contributed by atoms with E-state index in [0.29, 0.717) is 11.3 Å². The minimum atomic E-state index is -4.57. The lowest BCUT2D eigenvalue weighted by Crippen LogP contribution is -2.47. The summed E-state index contributed by atoms with van der Waals surface area (Å²) in [6, 6.07) is 6.58. The molecule has 240 valence electrons. The van der Waals surface area contributed by atoms with Crippen molar-refractivity contribution in [3.05, 3.63) is 36.7 Å². The van der Waals surface area contributed by atoms with Gasteiger partial charge in [0.25, 0.3) is 5.85 Å². The third-order valence-electron chi connectivity index (χ3n) is 7.27. The van der Waals surface area contributed by atoms with Crippen LogP contribution in [0.15, 0.2) is 36.7 Å². The third-order valence-corrected chi connectivity index (χ3v) is 8.89. The molecule has 2 aromatic heterocycles. The van der Waals surface area contributed by atoms with E-state index in [0.717, 1.165) is 37.4 Å². The summed E-state index contributed by atoms with van der Waals surface area (Å²) < 4.78 is 69.0. The van der Waals surface area contributed by atoms with Crippen molar-refractivity contribution in [3.63, 3.8) is 0 Å². The molecule has 2 unspecified atom stereocenters. The number of carbonyl (C=O) groups excluding carboxylic acids is 1. The third kappa shape index (κ3) is 6.35. The number of fused-ring (bicyclic) bond motifs is 1. The molecule has 0 amide bonds. The average Bonchev–Trinajstić information content (AvgIpc) is 3.68.